The second kappa shape index (κ2) is 4.12. The van der Waals surface area contributed by atoms with Crippen LogP contribution in [0.15, 0.2) is 45.8 Å². The van der Waals surface area contributed by atoms with Crippen LogP contribution < -0.4 is 5.73 Å². The number of nitrogens with two attached hydrogens (primary N) is 1. The van der Waals surface area contributed by atoms with E-state index in [4.69, 9.17) is 5.73 Å². The second-order valence-electron chi connectivity index (χ2n) is 5.36. The molecule has 2 atom stereocenters. The van der Waals surface area contributed by atoms with Crippen LogP contribution in [0.1, 0.15) is 13.8 Å². The Morgan fingerprint density at radius 1 is 1.39 bits per heavy atom. The standard InChI is InChI=1S/C14H18N4/c1-9(2)7-18-8-16-12-13(18)10-5-3-4-6-11(10)17-14(12)15/h3-6,8-10,13H,7,15H2,1-2H3. The third kappa shape index (κ3) is 1.68. The lowest BCUT2D eigenvalue weighted by Gasteiger charge is -2.34. The summed E-state index contributed by atoms with van der Waals surface area (Å²) in [5, 5.41) is 0. The fourth-order valence-electron chi connectivity index (χ4n) is 2.74. The molecule has 0 amide bonds. The highest BCUT2D eigenvalue weighted by Crippen LogP contribution is 2.33. The number of rotatable bonds is 2. The minimum absolute atomic E-state index is 0.223. The van der Waals surface area contributed by atoms with Gasteiger partial charge in [-0.05, 0) is 12.0 Å². The Hall–Kier alpha value is -1.84. The maximum Gasteiger partial charge on any atom is 0.147 e. The van der Waals surface area contributed by atoms with E-state index in [9.17, 15) is 0 Å². The predicted molar refractivity (Wildman–Crippen MR) is 74.2 cm³/mol. The van der Waals surface area contributed by atoms with Crippen molar-refractivity contribution in [3.63, 3.8) is 0 Å². The first-order chi connectivity index (χ1) is 8.66. The van der Waals surface area contributed by atoms with Crippen LogP contribution in [0.5, 0.6) is 0 Å². The van der Waals surface area contributed by atoms with Crippen LogP contribution >= 0.6 is 0 Å². The summed E-state index contributed by atoms with van der Waals surface area (Å²) in [6.07, 6.45) is 10.2. The van der Waals surface area contributed by atoms with E-state index < -0.39 is 0 Å². The molecular formula is C14H18N4. The zero-order chi connectivity index (χ0) is 12.7. The Kier molecular flexibility index (Phi) is 2.58. The molecule has 3 aliphatic rings. The van der Waals surface area contributed by atoms with E-state index in [1.165, 1.54) is 0 Å². The van der Waals surface area contributed by atoms with E-state index in [1.807, 2.05) is 18.5 Å². The molecule has 4 nitrogen and oxygen atoms in total. The fraction of sp³-hybridized carbons (Fsp3) is 0.429. The summed E-state index contributed by atoms with van der Waals surface area (Å²) in [5.74, 6) is 1.44. The SMILES string of the molecule is CC(C)CN1C=NC2=C(N)N=C3C=CC=CC3C21. The molecule has 2 aliphatic heterocycles. The zero-order valence-corrected chi connectivity index (χ0v) is 10.7. The molecule has 0 aromatic carbocycles. The van der Waals surface area contributed by atoms with E-state index >= 15 is 0 Å². The Balaban J connectivity index is 1.97. The molecule has 0 saturated heterocycles. The van der Waals surface area contributed by atoms with Gasteiger partial charge in [-0.1, -0.05) is 32.1 Å². The average molecular weight is 242 g/mol. The van der Waals surface area contributed by atoms with Crippen molar-refractivity contribution in [3.05, 3.63) is 35.8 Å². The third-order valence-corrected chi connectivity index (χ3v) is 3.45. The molecule has 0 spiro atoms. The van der Waals surface area contributed by atoms with Gasteiger partial charge in [0.2, 0.25) is 0 Å². The first-order valence-electron chi connectivity index (χ1n) is 6.40. The summed E-state index contributed by atoms with van der Waals surface area (Å²) in [5.41, 5.74) is 7.98. The Bertz CT molecular complexity index is 508. The van der Waals surface area contributed by atoms with Crippen LogP contribution in [0.4, 0.5) is 0 Å². The summed E-state index contributed by atoms with van der Waals surface area (Å²) in [7, 11) is 0. The highest BCUT2D eigenvalue weighted by Gasteiger charge is 2.39. The number of nitrogens with zero attached hydrogens (tertiary/aromatic N) is 3. The van der Waals surface area contributed by atoms with Crippen molar-refractivity contribution in [2.24, 2.45) is 27.6 Å². The van der Waals surface area contributed by atoms with E-state index in [0.29, 0.717) is 11.7 Å². The van der Waals surface area contributed by atoms with Crippen LogP contribution in [-0.4, -0.2) is 29.5 Å². The quantitative estimate of drug-likeness (QED) is 0.801. The molecule has 0 radical (unpaired) electrons. The summed E-state index contributed by atoms with van der Waals surface area (Å²) < 4.78 is 0. The van der Waals surface area contributed by atoms with Crippen molar-refractivity contribution in [3.8, 4) is 0 Å². The lowest BCUT2D eigenvalue weighted by atomic mass is 9.86. The molecule has 2 N–H and O–H groups in total. The van der Waals surface area contributed by atoms with Gasteiger partial charge < -0.3 is 10.6 Å². The average Bonchev–Trinajstić information content (AvgIpc) is 2.73. The molecule has 2 unspecified atom stereocenters. The molecule has 2 heterocycles. The van der Waals surface area contributed by atoms with Crippen molar-refractivity contribution >= 4 is 12.1 Å². The monoisotopic (exact) mass is 242 g/mol. The number of hydrogen-bond acceptors (Lipinski definition) is 4. The molecule has 0 aromatic rings. The molecule has 94 valence electrons. The van der Waals surface area contributed by atoms with Gasteiger partial charge in [0.05, 0.1) is 18.1 Å². The zero-order valence-electron chi connectivity index (χ0n) is 10.7. The molecule has 0 fully saturated rings. The lowest BCUT2D eigenvalue weighted by molar-refractivity contribution is 0.308. The minimum Gasteiger partial charge on any atom is -0.382 e. The topological polar surface area (TPSA) is 54.0 Å². The van der Waals surface area contributed by atoms with Crippen LogP contribution in [-0.2, 0) is 0 Å². The van der Waals surface area contributed by atoms with E-state index in [0.717, 1.165) is 18.0 Å². The second-order valence-corrected chi connectivity index (χ2v) is 5.36. The van der Waals surface area contributed by atoms with Gasteiger partial charge >= 0.3 is 0 Å². The molecule has 0 bridgehead atoms. The molecule has 1 aliphatic carbocycles. The normalized spacial score (nSPS) is 28.8. The molecule has 0 aromatic heterocycles. The van der Waals surface area contributed by atoms with E-state index in [-0.39, 0.29) is 12.0 Å². The van der Waals surface area contributed by atoms with Gasteiger partial charge in [0.1, 0.15) is 11.5 Å². The number of fused-ring (bicyclic) bond motifs is 3. The molecule has 3 rings (SSSR count). The Morgan fingerprint density at radius 2 is 2.22 bits per heavy atom. The van der Waals surface area contributed by atoms with Gasteiger partial charge in [-0.3, -0.25) is 0 Å². The van der Waals surface area contributed by atoms with Crippen LogP contribution in [0.2, 0.25) is 0 Å². The lowest BCUT2D eigenvalue weighted by Crippen LogP contribution is -2.44. The maximum absolute atomic E-state index is 6.01. The highest BCUT2D eigenvalue weighted by atomic mass is 15.3. The molecule has 18 heavy (non-hydrogen) atoms. The van der Waals surface area contributed by atoms with Gasteiger partial charge in [0.25, 0.3) is 0 Å². The maximum atomic E-state index is 6.01. The fourth-order valence-corrected chi connectivity index (χ4v) is 2.74. The van der Waals surface area contributed by atoms with Crippen molar-refractivity contribution in [1.82, 2.24) is 4.90 Å². The predicted octanol–water partition coefficient (Wildman–Crippen LogP) is 1.68. The Morgan fingerprint density at radius 3 is 3.00 bits per heavy atom. The van der Waals surface area contributed by atoms with Gasteiger partial charge in [-0.25, -0.2) is 9.98 Å². The van der Waals surface area contributed by atoms with Gasteiger partial charge in [0, 0.05) is 12.5 Å². The Labute approximate surface area is 107 Å². The van der Waals surface area contributed by atoms with Crippen molar-refractivity contribution in [2.75, 3.05) is 6.54 Å². The summed E-state index contributed by atoms with van der Waals surface area (Å²) >= 11 is 0. The first-order valence-corrected chi connectivity index (χ1v) is 6.40. The van der Waals surface area contributed by atoms with E-state index in [2.05, 4.69) is 40.9 Å². The number of aliphatic imine (C=N–C) groups is 2. The molecule has 0 saturated carbocycles. The minimum atomic E-state index is 0.223. The third-order valence-electron chi connectivity index (χ3n) is 3.45. The van der Waals surface area contributed by atoms with Gasteiger partial charge in [0.15, 0.2) is 0 Å². The van der Waals surface area contributed by atoms with Crippen molar-refractivity contribution < 1.29 is 0 Å². The van der Waals surface area contributed by atoms with Crippen molar-refractivity contribution in [1.29, 1.82) is 0 Å². The van der Waals surface area contributed by atoms with Crippen LogP contribution in [0, 0.1) is 11.8 Å². The van der Waals surface area contributed by atoms with Crippen LogP contribution in [0.3, 0.4) is 0 Å². The van der Waals surface area contributed by atoms with Gasteiger partial charge in [-0.2, -0.15) is 0 Å². The smallest absolute Gasteiger partial charge is 0.147 e. The summed E-state index contributed by atoms with van der Waals surface area (Å²) in [6, 6.07) is 0.223. The molecular weight excluding hydrogens is 224 g/mol. The summed E-state index contributed by atoms with van der Waals surface area (Å²) in [4.78, 5) is 11.2. The first kappa shape index (κ1) is 11.3. The van der Waals surface area contributed by atoms with Crippen molar-refractivity contribution in [2.45, 2.75) is 19.9 Å². The van der Waals surface area contributed by atoms with Crippen LogP contribution in [0.25, 0.3) is 0 Å². The number of hydrogen-bond donors (Lipinski definition) is 1. The largest absolute Gasteiger partial charge is 0.382 e. The highest BCUT2D eigenvalue weighted by molar-refractivity contribution is 6.02. The van der Waals surface area contributed by atoms with E-state index in [1.54, 1.807) is 0 Å². The molecule has 4 heteroatoms. The van der Waals surface area contributed by atoms with Gasteiger partial charge in [-0.15, -0.1) is 0 Å². The number of allylic oxidation sites excluding steroid dienone is 3. The summed E-state index contributed by atoms with van der Waals surface area (Å²) in [6.45, 7) is 5.42.